The van der Waals surface area contributed by atoms with Crippen LogP contribution in [0, 0.1) is 11.8 Å². The summed E-state index contributed by atoms with van der Waals surface area (Å²) in [7, 11) is -3.58. The molecule has 5 nitrogen and oxygen atoms in total. The zero-order chi connectivity index (χ0) is 31.0. The van der Waals surface area contributed by atoms with Crippen molar-refractivity contribution < 1.29 is 23.9 Å². The van der Waals surface area contributed by atoms with Gasteiger partial charge in [0.05, 0.1) is 12.2 Å². The van der Waals surface area contributed by atoms with E-state index in [1.165, 1.54) is 5.56 Å². The van der Waals surface area contributed by atoms with E-state index in [1.54, 1.807) is 0 Å². The van der Waals surface area contributed by atoms with Crippen molar-refractivity contribution in [2.75, 3.05) is 0 Å². The van der Waals surface area contributed by atoms with E-state index >= 15 is 0 Å². The van der Waals surface area contributed by atoms with E-state index in [1.807, 2.05) is 0 Å². The van der Waals surface area contributed by atoms with Gasteiger partial charge in [0.2, 0.25) is 0 Å². The molecule has 0 amide bonds. The second-order valence-electron chi connectivity index (χ2n) is 12.6. The summed E-state index contributed by atoms with van der Waals surface area (Å²) in [6, 6.07) is 17.5. The summed E-state index contributed by atoms with van der Waals surface area (Å²) in [6.45, 7) is 13.7. The molecule has 0 spiro atoms. The summed E-state index contributed by atoms with van der Waals surface area (Å²) in [4.78, 5) is 10.9. The van der Waals surface area contributed by atoms with E-state index in [0.29, 0.717) is 6.42 Å². The molecule has 1 aromatic rings. The lowest BCUT2D eigenvalue weighted by Gasteiger charge is -2.36. The Kier molecular flexibility index (Phi) is 16.9. The molecule has 0 aromatic heterocycles. The van der Waals surface area contributed by atoms with Crippen molar-refractivity contribution >= 4 is 22.6 Å². The van der Waals surface area contributed by atoms with Gasteiger partial charge in [0.25, 0.3) is 0 Å². The van der Waals surface area contributed by atoms with Gasteiger partial charge in [-0.25, -0.2) is 0 Å². The van der Waals surface area contributed by atoms with Gasteiger partial charge >= 0.3 is 5.97 Å². The second kappa shape index (κ2) is 19.2. The number of rotatable bonds is 22. The molecule has 5 atom stereocenters. The highest BCUT2D eigenvalue weighted by molar-refractivity contribution is 6.74. The van der Waals surface area contributed by atoms with Gasteiger partial charge in [0.1, 0.15) is 0 Å². The number of aliphatic carboxylic acids is 1. The molecule has 0 unspecified atom stereocenters. The second-order valence-corrected chi connectivity index (χ2v) is 22.1. The third-order valence-corrected chi connectivity index (χ3v) is 19.8. The van der Waals surface area contributed by atoms with Gasteiger partial charge in [-0.1, -0.05) is 84.0 Å². The summed E-state index contributed by atoms with van der Waals surface area (Å²) in [5.41, 5.74) is 1.36. The van der Waals surface area contributed by atoms with Crippen LogP contribution in [0.5, 0.6) is 0 Å². The molecule has 42 heavy (non-hydrogen) atoms. The fraction of sp³-hybridized carbons (Fsp3) is 0.743. The van der Waals surface area contributed by atoms with Crippen LogP contribution in [0.4, 0.5) is 0 Å². The molecule has 0 radical (unpaired) electrons. The Hall–Kier alpha value is -1.26. The Morgan fingerprint density at radius 2 is 1.52 bits per heavy atom. The van der Waals surface area contributed by atoms with Crippen molar-refractivity contribution in [1.82, 2.24) is 0 Å². The fourth-order valence-corrected chi connectivity index (χ4v) is 12.9. The summed E-state index contributed by atoms with van der Waals surface area (Å²) in [5.74, 6) is -0.256. The van der Waals surface area contributed by atoms with Crippen molar-refractivity contribution in [3.8, 4) is 0 Å². The minimum atomic E-state index is -1.82. The van der Waals surface area contributed by atoms with Crippen molar-refractivity contribution in [3.05, 3.63) is 48.0 Å². The molecular formula is C35H62O5Si2. The van der Waals surface area contributed by atoms with E-state index in [-0.39, 0.29) is 36.6 Å². The van der Waals surface area contributed by atoms with Gasteiger partial charge in [-0.05, 0) is 105 Å². The summed E-state index contributed by atoms with van der Waals surface area (Å²) >= 11 is 0. The monoisotopic (exact) mass is 618 g/mol. The van der Waals surface area contributed by atoms with Crippen LogP contribution < -0.4 is 0 Å². The van der Waals surface area contributed by atoms with Crippen LogP contribution in [0.15, 0.2) is 42.5 Å². The average Bonchev–Trinajstić information content (AvgIpc) is 3.30. The van der Waals surface area contributed by atoms with Crippen LogP contribution in [0.1, 0.15) is 98.5 Å². The van der Waals surface area contributed by atoms with Gasteiger partial charge < -0.3 is 19.1 Å². The molecule has 0 heterocycles. The molecule has 0 aliphatic heterocycles. The Balaban J connectivity index is 2.21. The average molecular weight is 619 g/mol. The predicted octanol–water partition coefficient (Wildman–Crippen LogP) is 9.38. The predicted molar refractivity (Wildman–Crippen MR) is 181 cm³/mol. The number of carbonyl (C=O) groups is 1. The highest BCUT2D eigenvalue weighted by atomic mass is 28.4. The van der Waals surface area contributed by atoms with Crippen LogP contribution in [0.3, 0.4) is 0 Å². The van der Waals surface area contributed by atoms with E-state index in [0.717, 1.165) is 81.2 Å². The van der Waals surface area contributed by atoms with Crippen LogP contribution >= 0.6 is 0 Å². The van der Waals surface area contributed by atoms with E-state index in [2.05, 4.69) is 84.0 Å². The molecule has 240 valence electrons. The van der Waals surface area contributed by atoms with Crippen molar-refractivity contribution in [3.63, 3.8) is 0 Å². The number of unbranched alkanes of at least 4 members (excludes halogenated alkanes) is 1. The van der Waals surface area contributed by atoms with Gasteiger partial charge in [0.15, 0.2) is 16.6 Å². The Morgan fingerprint density at radius 3 is 2.10 bits per heavy atom. The lowest BCUT2D eigenvalue weighted by Crippen LogP contribution is -2.42. The number of hydrogen-bond acceptors (Lipinski definition) is 4. The van der Waals surface area contributed by atoms with Crippen molar-refractivity contribution in [2.24, 2.45) is 11.8 Å². The molecule has 2 N–H and O–H groups in total. The first-order chi connectivity index (χ1) is 20.2. The first-order valence-electron chi connectivity index (χ1n) is 17.1. The maximum atomic E-state index is 11.5. The first-order valence-corrected chi connectivity index (χ1v) is 22.2. The molecule has 1 fully saturated rings. The number of allylic oxidation sites excluding steroid dienone is 2. The van der Waals surface area contributed by atoms with Crippen LogP contribution in [-0.4, -0.2) is 51.1 Å². The number of carboxylic acid groups (broad SMARTS) is 1. The smallest absolute Gasteiger partial charge is 0.303 e. The lowest BCUT2D eigenvalue weighted by atomic mass is 9.85. The third-order valence-electron chi connectivity index (χ3n) is 10.4. The number of benzene rings is 1. The molecule has 2 rings (SSSR count). The van der Waals surface area contributed by atoms with Crippen molar-refractivity contribution in [2.45, 2.75) is 154 Å². The first kappa shape index (κ1) is 36.9. The Labute approximate surface area is 259 Å². The maximum absolute atomic E-state index is 11.5. The molecule has 1 aromatic carbocycles. The number of carboxylic acids is 1. The number of aryl methyl sites for hydroxylation is 1. The lowest BCUT2D eigenvalue weighted by molar-refractivity contribution is -0.137. The molecule has 1 saturated carbocycles. The minimum Gasteiger partial charge on any atom is -0.481 e. The normalized spacial score (nSPS) is 22.2. The van der Waals surface area contributed by atoms with Crippen LogP contribution in [0.2, 0.25) is 36.3 Å². The maximum Gasteiger partial charge on any atom is 0.303 e. The van der Waals surface area contributed by atoms with E-state index < -0.39 is 22.6 Å². The van der Waals surface area contributed by atoms with Gasteiger partial charge in [-0.2, -0.15) is 0 Å². The summed E-state index contributed by atoms with van der Waals surface area (Å²) in [6.07, 6.45) is 11.6. The highest BCUT2D eigenvalue weighted by Crippen LogP contribution is 2.43. The van der Waals surface area contributed by atoms with Gasteiger partial charge in [-0.3, -0.25) is 4.79 Å². The SMILES string of the molecule is CC[Si](CC)(CC)O[C@@H](CCc1ccccc1)CC[C@@H]1[C@@H](C/C=C\CCCC(=O)O)[C@@H](O[Si](CC)(CC)CC)C[C@H]1O. The Bertz CT molecular complexity index is 883. The largest absolute Gasteiger partial charge is 0.481 e. The molecule has 0 bridgehead atoms. The molecular weight excluding hydrogens is 557 g/mol. The Morgan fingerprint density at radius 1 is 0.905 bits per heavy atom. The number of hydrogen-bond donors (Lipinski definition) is 2. The fourth-order valence-electron chi connectivity index (χ4n) is 7.05. The zero-order valence-electron chi connectivity index (χ0n) is 27.7. The highest BCUT2D eigenvalue weighted by Gasteiger charge is 2.45. The molecule has 1 aliphatic carbocycles. The topological polar surface area (TPSA) is 76.0 Å². The van der Waals surface area contributed by atoms with E-state index in [9.17, 15) is 9.90 Å². The molecule has 7 heteroatoms. The number of aliphatic hydroxyl groups is 1. The molecule has 0 saturated heterocycles. The molecule has 1 aliphatic rings. The minimum absolute atomic E-state index is 0.0965. The standard InChI is InChI=1S/C35H62O5Si2/c1-7-41(8-2,9-3)39-30(25-24-29-20-16-15-17-21-29)26-27-31-32(22-18-13-14-19-23-35(37)38)34(28-33(31)36)40-42(10-4,11-5)12-6/h13,15-18,20-21,30-34,36H,7-12,14,19,22-28H2,1-6H3,(H,37,38)/b18-13-/t30-,31+,32+,33+,34-/m0/s1. The summed E-state index contributed by atoms with van der Waals surface area (Å²) in [5, 5.41) is 20.4. The van der Waals surface area contributed by atoms with E-state index in [4.69, 9.17) is 14.0 Å². The number of aliphatic hydroxyl groups excluding tert-OH is 1. The van der Waals surface area contributed by atoms with Crippen LogP contribution in [-0.2, 0) is 20.1 Å². The summed E-state index contributed by atoms with van der Waals surface area (Å²) < 4.78 is 14.2. The quantitative estimate of drug-likeness (QED) is 0.0769. The third kappa shape index (κ3) is 11.3. The van der Waals surface area contributed by atoms with Gasteiger partial charge in [0, 0.05) is 12.5 Å². The van der Waals surface area contributed by atoms with Gasteiger partial charge in [-0.15, -0.1) is 0 Å². The van der Waals surface area contributed by atoms with Crippen molar-refractivity contribution in [1.29, 1.82) is 0 Å². The van der Waals surface area contributed by atoms with Crippen LogP contribution in [0.25, 0.3) is 0 Å². The zero-order valence-corrected chi connectivity index (χ0v) is 29.7.